The smallest absolute Gasteiger partial charge is 0.335 e. The van der Waals surface area contributed by atoms with Crippen molar-refractivity contribution < 1.29 is 19.5 Å². The molecule has 3 atom stereocenters. The largest absolute Gasteiger partial charge is 0.478 e. The SMILES string of the molecule is Cc1ccc(CCC[C@H]2C(=O)CC(=O)[C@]23C[C@H]3c2cccc3ccccc23)cc1C(=O)O. The van der Waals surface area contributed by atoms with Gasteiger partial charge in [-0.1, -0.05) is 54.6 Å². The van der Waals surface area contributed by atoms with Crippen LogP contribution in [0.25, 0.3) is 10.8 Å². The highest BCUT2D eigenvalue weighted by Gasteiger charge is 2.69. The Morgan fingerprint density at radius 3 is 2.66 bits per heavy atom. The number of rotatable bonds is 6. The van der Waals surface area contributed by atoms with Crippen molar-refractivity contribution in [2.24, 2.45) is 11.3 Å². The van der Waals surface area contributed by atoms with Gasteiger partial charge in [-0.15, -0.1) is 0 Å². The Hall–Kier alpha value is -3.27. The molecule has 0 amide bonds. The van der Waals surface area contributed by atoms with Crippen LogP contribution < -0.4 is 0 Å². The molecule has 2 aliphatic carbocycles. The number of fused-ring (bicyclic) bond motifs is 1. The second kappa shape index (κ2) is 7.70. The van der Waals surface area contributed by atoms with Crippen LogP contribution in [0.1, 0.15) is 58.6 Å². The van der Waals surface area contributed by atoms with Crippen molar-refractivity contribution in [1.82, 2.24) is 0 Å². The molecule has 1 spiro atoms. The van der Waals surface area contributed by atoms with E-state index in [1.54, 1.807) is 13.0 Å². The van der Waals surface area contributed by atoms with Crippen LogP contribution in [0.4, 0.5) is 0 Å². The summed E-state index contributed by atoms with van der Waals surface area (Å²) in [4.78, 5) is 37.2. The summed E-state index contributed by atoms with van der Waals surface area (Å²) < 4.78 is 0. The maximum Gasteiger partial charge on any atom is 0.335 e. The summed E-state index contributed by atoms with van der Waals surface area (Å²) in [5.74, 6) is -0.864. The minimum absolute atomic E-state index is 0.0552. The van der Waals surface area contributed by atoms with Crippen molar-refractivity contribution in [1.29, 1.82) is 0 Å². The first-order valence-electron chi connectivity index (χ1n) is 11.3. The molecular weight excluding hydrogens is 400 g/mol. The Morgan fingerprint density at radius 1 is 1.06 bits per heavy atom. The third-order valence-corrected chi connectivity index (χ3v) is 7.56. The molecule has 2 fully saturated rings. The molecule has 2 saturated carbocycles. The molecule has 0 aliphatic heterocycles. The highest BCUT2D eigenvalue weighted by molar-refractivity contribution is 6.13. The van der Waals surface area contributed by atoms with Gasteiger partial charge in [-0.25, -0.2) is 4.79 Å². The number of carbonyl (C=O) groups is 3. The third kappa shape index (κ3) is 3.26. The molecule has 4 heteroatoms. The van der Waals surface area contributed by atoms with Gasteiger partial charge in [-0.3, -0.25) is 9.59 Å². The number of carboxylic acid groups (broad SMARTS) is 1. The molecule has 5 rings (SSSR count). The fraction of sp³-hybridized carbons (Fsp3) is 0.321. The van der Waals surface area contributed by atoms with E-state index in [9.17, 15) is 19.5 Å². The maximum atomic E-state index is 13.0. The standard InChI is InChI=1S/C28H26O4/c1-17-12-13-18(14-22(17)27(31)32)6-4-11-23-25(29)15-26(30)28(23)16-24(28)21-10-5-8-19-7-2-3-9-20(19)21/h2-3,5,7-10,12-14,23-24H,4,6,11,15-16H2,1H3,(H,31,32)/t23-,24-,28+/m0/s1. The second-order valence-electron chi connectivity index (χ2n) is 9.33. The summed E-state index contributed by atoms with van der Waals surface area (Å²) in [6, 6.07) is 20.0. The predicted octanol–water partition coefficient (Wildman–Crippen LogP) is 5.50. The lowest BCUT2D eigenvalue weighted by molar-refractivity contribution is -0.123. The average molecular weight is 427 g/mol. The molecule has 0 radical (unpaired) electrons. The van der Waals surface area contributed by atoms with E-state index in [0.29, 0.717) is 18.4 Å². The first-order chi connectivity index (χ1) is 15.4. The Morgan fingerprint density at radius 2 is 1.84 bits per heavy atom. The molecule has 3 aromatic carbocycles. The molecule has 3 aromatic rings. The van der Waals surface area contributed by atoms with Gasteiger partial charge in [0.1, 0.15) is 11.6 Å². The van der Waals surface area contributed by atoms with Crippen molar-refractivity contribution in [3.8, 4) is 0 Å². The van der Waals surface area contributed by atoms with Crippen LogP contribution >= 0.6 is 0 Å². The number of hydrogen-bond donors (Lipinski definition) is 1. The maximum absolute atomic E-state index is 13.0. The lowest BCUT2D eigenvalue weighted by atomic mass is 9.82. The molecule has 2 aliphatic rings. The molecule has 0 unspecified atom stereocenters. The Bertz CT molecular complexity index is 1250. The first kappa shape index (κ1) is 20.6. The first-order valence-corrected chi connectivity index (χ1v) is 11.3. The topological polar surface area (TPSA) is 71.4 Å². The highest BCUT2D eigenvalue weighted by Crippen LogP contribution is 2.69. The van der Waals surface area contributed by atoms with Crippen LogP contribution in [-0.4, -0.2) is 22.6 Å². The Kier molecular flexibility index (Phi) is 4.96. The number of carboxylic acids is 1. The Balaban J connectivity index is 1.35. The van der Waals surface area contributed by atoms with Gasteiger partial charge in [0.05, 0.1) is 12.0 Å². The van der Waals surface area contributed by atoms with Gasteiger partial charge in [0.25, 0.3) is 0 Å². The van der Waals surface area contributed by atoms with Gasteiger partial charge in [0.15, 0.2) is 0 Å². The van der Waals surface area contributed by atoms with Gasteiger partial charge in [-0.05, 0) is 72.1 Å². The molecule has 4 nitrogen and oxygen atoms in total. The molecule has 0 heterocycles. The van der Waals surface area contributed by atoms with Gasteiger partial charge >= 0.3 is 5.97 Å². The summed E-state index contributed by atoms with van der Waals surface area (Å²) in [6.07, 6.45) is 2.94. The molecule has 0 saturated heterocycles. The lowest BCUT2D eigenvalue weighted by Crippen LogP contribution is -2.21. The summed E-state index contributed by atoms with van der Waals surface area (Å²) >= 11 is 0. The van der Waals surface area contributed by atoms with Crippen molar-refractivity contribution >= 4 is 28.3 Å². The number of carbonyl (C=O) groups excluding carboxylic acids is 2. The number of benzene rings is 3. The van der Waals surface area contributed by atoms with E-state index in [0.717, 1.165) is 29.4 Å². The molecule has 32 heavy (non-hydrogen) atoms. The number of aromatic carboxylic acids is 1. The average Bonchev–Trinajstić information content (AvgIpc) is 3.48. The number of hydrogen-bond acceptors (Lipinski definition) is 3. The van der Waals surface area contributed by atoms with Crippen molar-refractivity contribution in [2.45, 2.75) is 44.9 Å². The summed E-state index contributed by atoms with van der Waals surface area (Å²) in [5, 5.41) is 11.7. The monoisotopic (exact) mass is 426 g/mol. The quantitative estimate of drug-likeness (QED) is 0.528. The van der Waals surface area contributed by atoms with Gasteiger partial charge in [0, 0.05) is 11.3 Å². The van der Waals surface area contributed by atoms with E-state index in [-0.39, 0.29) is 29.8 Å². The zero-order chi connectivity index (χ0) is 22.5. The van der Waals surface area contributed by atoms with E-state index < -0.39 is 11.4 Å². The number of ketones is 2. The normalized spacial score (nSPS) is 24.4. The minimum atomic E-state index is -0.921. The van der Waals surface area contributed by atoms with Crippen LogP contribution in [0.3, 0.4) is 0 Å². The second-order valence-corrected chi connectivity index (χ2v) is 9.33. The van der Waals surface area contributed by atoms with Crippen molar-refractivity contribution in [3.05, 3.63) is 82.9 Å². The highest BCUT2D eigenvalue weighted by atomic mass is 16.4. The third-order valence-electron chi connectivity index (χ3n) is 7.56. The van der Waals surface area contributed by atoms with E-state index >= 15 is 0 Å². The summed E-state index contributed by atoms with van der Waals surface area (Å²) in [6.45, 7) is 1.79. The van der Waals surface area contributed by atoms with E-state index in [1.807, 2.05) is 30.3 Å². The van der Waals surface area contributed by atoms with Crippen molar-refractivity contribution in [3.63, 3.8) is 0 Å². The Labute approximate surface area is 187 Å². The number of Topliss-reactive ketones (excluding diaryl/α,β-unsaturated/α-hetero) is 2. The number of aryl methyl sites for hydroxylation is 2. The van der Waals surface area contributed by atoms with Crippen LogP contribution in [0.2, 0.25) is 0 Å². The predicted molar refractivity (Wildman–Crippen MR) is 123 cm³/mol. The molecule has 1 N–H and O–H groups in total. The summed E-state index contributed by atoms with van der Waals surface area (Å²) in [5.41, 5.74) is 2.67. The van der Waals surface area contributed by atoms with Crippen molar-refractivity contribution in [2.75, 3.05) is 0 Å². The molecular formula is C28H26O4. The van der Waals surface area contributed by atoms with Gasteiger partial charge in [0.2, 0.25) is 0 Å². The van der Waals surface area contributed by atoms with E-state index in [4.69, 9.17) is 0 Å². The van der Waals surface area contributed by atoms with Gasteiger partial charge in [-0.2, -0.15) is 0 Å². The summed E-state index contributed by atoms with van der Waals surface area (Å²) in [7, 11) is 0. The zero-order valence-corrected chi connectivity index (χ0v) is 18.1. The molecule has 162 valence electrons. The van der Waals surface area contributed by atoms with Crippen LogP contribution in [-0.2, 0) is 16.0 Å². The fourth-order valence-electron chi connectivity index (χ4n) is 5.83. The van der Waals surface area contributed by atoms with Crippen LogP contribution in [0.5, 0.6) is 0 Å². The minimum Gasteiger partial charge on any atom is -0.478 e. The molecule has 0 bridgehead atoms. The van der Waals surface area contributed by atoms with Crippen LogP contribution in [0, 0.1) is 18.3 Å². The van der Waals surface area contributed by atoms with Crippen LogP contribution in [0.15, 0.2) is 60.7 Å². The molecule has 0 aromatic heterocycles. The van der Waals surface area contributed by atoms with E-state index in [1.165, 1.54) is 10.9 Å². The van der Waals surface area contributed by atoms with Gasteiger partial charge < -0.3 is 5.11 Å². The zero-order valence-electron chi connectivity index (χ0n) is 18.1. The van der Waals surface area contributed by atoms with E-state index in [2.05, 4.69) is 24.3 Å². The lowest BCUT2D eigenvalue weighted by Gasteiger charge is -2.19. The fourth-order valence-corrected chi connectivity index (χ4v) is 5.83.